The zero-order valence-electron chi connectivity index (χ0n) is 29.9. The third-order valence-electron chi connectivity index (χ3n) is 8.60. The molecule has 1 aromatic carbocycles. The number of hydrazine groups is 1. The highest BCUT2D eigenvalue weighted by molar-refractivity contribution is 7.13. The van der Waals surface area contributed by atoms with E-state index in [-0.39, 0.29) is 25.3 Å². The number of fused-ring (bicyclic) bond motifs is 1. The van der Waals surface area contributed by atoms with E-state index in [0.717, 1.165) is 4.88 Å². The number of carbonyl (C=O) groups excluding carboxylic acids is 5. The van der Waals surface area contributed by atoms with Crippen molar-refractivity contribution in [3.63, 3.8) is 0 Å². The first-order chi connectivity index (χ1) is 23.9. The molecule has 51 heavy (non-hydrogen) atoms. The summed E-state index contributed by atoms with van der Waals surface area (Å²) in [6.07, 6.45) is 0.343. The lowest BCUT2D eigenvalue weighted by Gasteiger charge is -2.36. The van der Waals surface area contributed by atoms with E-state index in [1.807, 2.05) is 41.8 Å². The zero-order chi connectivity index (χ0) is 37.3. The molecular formula is C36H45N7O7S. The van der Waals surface area contributed by atoms with Crippen molar-refractivity contribution < 1.29 is 33.4 Å². The summed E-state index contributed by atoms with van der Waals surface area (Å²) in [4.78, 5) is 78.2. The monoisotopic (exact) mass is 719 g/mol. The maximum absolute atomic E-state index is 14.5. The van der Waals surface area contributed by atoms with Gasteiger partial charge in [0.05, 0.1) is 22.5 Å². The van der Waals surface area contributed by atoms with Gasteiger partial charge in [0, 0.05) is 19.3 Å². The van der Waals surface area contributed by atoms with Gasteiger partial charge < -0.3 is 25.0 Å². The number of carbonyl (C=O) groups is 5. The van der Waals surface area contributed by atoms with Crippen LogP contribution >= 0.6 is 11.3 Å². The Balaban J connectivity index is 1.48. The molecule has 2 fully saturated rings. The van der Waals surface area contributed by atoms with Crippen LogP contribution in [0.5, 0.6) is 5.88 Å². The second kappa shape index (κ2) is 14.3. The summed E-state index contributed by atoms with van der Waals surface area (Å²) in [6, 6.07) is 9.00. The maximum Gasteiger partial charge on any atom is 0.408 e. The van der Waals surface area contributed by atoms with Crippen molar-refractivity contribution in [1.29, 1.82) is 0 Å². The van der Waals surface area contributed by atoms with E-state index < -0.39 is 70.4 Å². The molecule has 5 rings (SSSR count). The minimum Gasteiger partial charge on any atom is -0.471 e. The maximum atomic E-state index is 14.5. The van der Waals surface area contributed by atoms with Crippen molar-refractivity contribution in [1.82, 2.24) is 36.4 Å². The predicted molar refractivity (Wildman–Crippen MR) is 191 cm³/mol. The van der Waals surface area contributed by atoms with Gasteiger partial charge in [0.1, 0.15) is 35.0 Å². The van der Waals surface area contributed by atoms with Crippen LogP contribution in [-0.4, -0.2) is 80.5 Å². The number of nitrogens with one attached hydrogen (secondary N) is 4. The van der Waals surface area contributed by atoms with E-state index in [4.69, 9.17) is 19.4 Å². The van der Waals surface area contributed by atoms with Gasteiger partial charge in [0.25, 0.3) is 5.91 Å². The number of amides is 5. The Hall–Kier alpha value is -5.05. The number of para-hydroxylation sites is 2. The van der Waals surface area contributed by atoms with E-state index in [9.17, 15) is 24.0 Å². The number of thiophene rings is 1. The zero-order valence-corrected chi connectivity index (χ0v) is 30.7. The van der Waals surface area contributed by atoms with Crippen LogP contribution in [0, 0.1) is 11.3 Å². The van der Waals surface area contributed by atoms with Crippen molar-refractivity contribution in [2.75, 3.05) is 6.54 Å². The molecular weight excluding hydrogens is 675 g/mol. The van der Waals surface area contributed by atoms with Gasteiger partial charge in [-0.25, -0.2) is 14.8 Å². The molecule has 0 spiro atoms. The third-order valence-corrected chi connectivity index (χ3v) is 9.47. The molecule has 3 aromatic rings. The van der Waals surface area contributed by atoms with Crippen LogP contribution in [0.2, 0.25) is 0 Å². The first-order valence-corrected chi connectivity index (χ1v) is 17.6. The van der Waals surface area contributed by atoms with Gasteiger partial charge in [-0.15, -0.1) is 17.9 Å². The summed E-state index contributed by atoms with van der Waals surface area (Å²) in [5, 5.41) is 7.49. The molecule has 2 aromatic heterocycles. The van der Waals surface area contributed by atoms with Gasteiger partial charge in [-0.2, -0.15) is 0 Å². The average Bonchev–Trinajstić information content (AvgIpc) is 3.35. The number of likely N-dealkylation sites (tertiary alicyclic amines) is 1. The van der Waals surface area contributed by atoms with Crippen molar-refractivity contribution >= 4 is 52.1 Å². The normalized spacial score (nSPS) is 22.0. The van der Waals surface area contributed by atoms with Gasteiger partial charge >= 0.3 is 6.09 Å². The van der Waals surface area contributed by atoms with Crippen LogP contribution < -0.4 is 26.2 Å². The summed E-state index contributed by atoms with van der Waals surface area (Å²) < 4.78 is 12.0. The summed E-state index contributed by atoms with van der Waals surface area (Å²) in [7, 11) is 0. The van der Waals surface area contributed by atoms with Crippen molar-refractivity contribution in [2.45, 2.75) is 90.6 Å². The highest BCUT2D eigenvalue weighted by atomic mass is 32.1. The minimum atomic E-state index is -1.39. The molecule has 5 atom stereocenters. The fourth-order valence-electron chi connectivity index (χ4n) is 6.01. The summed E-state index contributed by atoms with van der Waals surface area (Å²) >= 11 is 1.47. The molecule has 1 saturated heterocycles. The van der Waals surface area contributed by atoms with Gasteiger partial charge in [0.15, 0.2) is 0 Å². The number of nitrogens with zero attached hydrogens (tertiary/aromatic N) is 3. The van der Waals surface area contributed by atoms with Gasteiger partial charge in [0.2, 0.25) is 23.6 Å². The number of benzene rings is 1. The van der Waals surface area contributed by atoms with Crippen LogP contribution in [-0.2, 0) is 23.9 Å². The van der Waals surface area contributed by atoms with E-state index in [1.54, 1.807) is 47.6 Å². The smallest absolute Gasteiger partial charge is 0.408 e. The van der Waals surface area contributed by atoms with E-state index in [2.05, 4.69) is 28.1 Å². The first-order valence-electron chi connectivity index (χ1n) is 16.7. The Morgan fingerprint density at radius 1 is 1.02 bits per heavy atom. The van der Waals surface area contributed by atoms with Crippen LogP contribution in [0.3, 0.4) is 0 Å². The topological polar surface area (TPSA) is 181 Å². The van der Waals surface area contributed by atoms with Crippen LogP contribution in [0.1, 0.15) is 61.3 Å². The fraction of sp³-hybridized carbons (Fsp3) is 0.472. The van der Waals surface area contributed by atoms with Crippen LogP contribution in [0.4, 0.5) is 4.79 Å². The van der Waals surface area contributed by atoms with Crippen molar-refractivity contribution in [3.8, 4) is 16.5 Å². The van der Waals surface area contributed by atoms with E-state index >= 15 is 0 Å². The summed E-state index contributed by atoms with van der Waals surface area (Å²) in [5.74, 6) is -2.41. The van der Waals surface area contributed by atoms with Gasteiger partial charge in [-0.3, -0.25) is 30.0 Å². The summed E-state index contributed by atoms with van der Waals surface area (Å²) in [5.41, 5.74) is 3.43. The van der Waals surface area contributed by atoms with E-state index in [1.165, 1.54) is 23.2 Å². The third kappa shape index (κ3) is 8.47. The molecule has 2 aliphatic rings. The Morgan fingerprint density at radius 3 is 2.27 bits per heavy atom. The minimum absolute atomic E-state index is 0.0339. The van der Waals surface area contributed by atoms with Crippen LogP contribution in [0.25, 0.3) is 21.6 Å². The SMILES string of the molecule is C=C[C@@H]1C[C@@]1(NC(=O)[C@@H]1C[C@@H](Oc2nc3ccccc3nc2-c2cccs2)CN1C(=O)[C@@H](NC(=O)OC(C)(C)C)C(C)(C)C)C(=O)NNC(C)=O. The van der Waals surface area contributed by atoms with Gasteiger partial charge in [-0.1, -0.05) is 45.0 Å². The van der Waals surface area contributed by atoms with Gasteiger partial charge in [-0.05, 0) is 56.2 Å². The Kier molecular flexibility index (Phi) is 10.4. The number of hydrogen-bond acceptors (Lipinski definition) is 10. The Morgan fingerprint density at radius 2 is 1.71 bits per heavy atom. The number of rotatable bonds is 9. The molecule has 0 bridgehead atoms. The molecule has 1 saturated carbocycles. The predicted octanol–water partition coefficient (Wildman–Crippen LogP) is 3.87. The van der Waals surface area contributed by atoms with E-state index in [0.29, 0.717) is 16.7 Å². The second-order valence-electron chi connectivity index (χ2n) is 14.9. The Labute approximate surface area is 300 Å². The second-order valence-corrected chi connectivity index (χ2v) is 15.9. The molecule has 1 aliphatic carbocycles. The number of aromatic nitrogens is 2. The highest BCUT2D eigenvalue weighted by Gasteiger charge is 2.61. The first kappa shape index (κ1) is 37.2. The lowest BCUT2D eigenvalue weighted by molar-refractivity contribution is -0.143. The number of alkyl carbamates (subject to hydrolysis) is 1. The molecule has 14 nitrogen and oxygen atoms in total. The lowest BCUT2D eigenvalue weighted by atomic mass is 9.85. The largest absolute Gasteiger partial charge is 0.471 e. The van der Waals surface area contributed by atoms with Crippen molar-refractivity contribution in [3.05, 3.63) is 54.4 Å². The molecule has 15 heteroatoms. The lowest BCUT2D eigenvalue weighted by Crippen LogP contribution is -2.60. The molecule has 272 valence electrons. The quantitative estimate of drug-likeness (QED) is 0.189. The number of ether oxygens (including phenoxy) is 2. The standard InChI is InChI=1S/C36H45N7O7S/c1-9-21-18-36(21,32(47)42-41-20(2)44)40-29(45)25-17-22(19-43(25)31(46)28(34(3,4)5)39-33(48)50-35(6,7)8)49-30-27(26-15-12-16-51-26)37-23-13-10-11-14-24(23)38-30/h9-16,21-22,25,28H,1,17-19H2,2-8H3,(H,39,48)(H,40,45)(H,41,44)(H,42,47)/t21-,22-,25+,28-,36+/m1/s1. The number of hydrogen-bond donors (Lipinski definition) is 4. The highest BCUT2D eigenvalue weighted by Crippen LogP contribution is 2.45. The van der Waals surface area contributed by atoms with Crippen molar-refractivity contribution in [2.24, 2.45) is 11.3 Å². The molecule has 3 heterocycles. The van der Waals surface area contributed by atoms with Crippen LogP contribution in [0.15, 0.2) is 54.4 Å². The summed E-state index contributed by atoms with van der Waals surface area (Å²) in [6.45, 7) is 15.5. The molecule has 1 aliphatic heterocycles. The Bertz CT molecular complexity index is 1840. The average molecular weight is 720 g/mol. The molecule has 4 N–H and O–H groups in total. The fourth-order valence-corrected chi connectivity index (χ4v) is 6.71. The molecule has 0 radical (unpaired) electrons. The molecule has 0 unspecified atom stereocenters. The molecule has 5 amide bonds.